The Morgan fingerprint density at radius 3 is 2.67 bits per heavy atom. The number of aromatic nitrogens is 2. The van der Waals surface area contributed by atoms with Gasteiger partial charge in [-0.1, -0.05) is 29.3 Å². The summed E-state index contributed by atoms with van der Waals surface area (Å²) in [4.78, 5) is 8.47. The van der Waals surface area contributed by atoms with Crippen LogP contribution in [0.2, 0.25) is 10.2 Å². The van der Waals surface area contributed by atoms with Gasteiger partial charge in [0, 0.05) is 10.4 Å². The van der Waals surface area contributed by atoms with Gasteiger partial charge in [-0.3, -0.25) is 0 Å². The minimum Gasteiger partial charge on any atom is -0.496 e. The fourth-order valence-electron chi connectivity index (χ4n) is 2.05. The molecule has 1 aromatic heterocycles. The quantitative estimate of drug-likeness (QED) is 0.638. The first-order valence-corrected chi connectivity index (χ1v) is 6.81. The fraction of sp³-hybridized carbons (Fsp3) is 0.0667. The molecule has 6 heteroatoms. The van der Waals surface area contributed by atoms with E-state index in [0.29, 0.717) is 21.7 Å². The zero-order chi connectivity index (χ0) is 15.0. The molecule has 3 aromatic rings. The average molecular weight is 323 g/mol. The summed E-state index contributed by atoms with van der Waals surface area (Å²) in [6, 6.07) is 9.59. The molecule has 0 bridgehead atoms. The highest BCUT2D eigenvalue weighted by molar-refractivity contribution is 6.34. The Balaban J connectivity index is 2.29. The molecule has 0 unspecified atom stereocenters. The summed E-state index contributed by atoms with van der Waals surface area (Å²) < 4.78 is 19.2. The Hall–Kier alpha value is -1.91. The van der Waals surface area contributed by atoms with Crippen LogP contribution >= 0.6 is 23.2 Å². The van der Waals surface area contributed by atoms with E-state index in [1.807, 2.05) is 0 Å². The summed E-state index contributed by atoms with van der Waals surface area (Å²) in [5.41, 5.74) is 0.762. The van der Waals surface area contributed by atoms with Crippen molar-refractivity contribution in [1.29, 1.82) is 0 Å². The van der Waals surface area contributed by atoms with Crippen LogP contribution in [0.15, 0.2) is 36.4 Å². The van der Waals surface area contributed by atoms with Gasteiger partial charge < -0.3 is 4.74 Å². The van der Waals surface area contributed by atoms with Crippen molar-refractivity contribution in [2.45, 2.75) is 0 Å². The molecule has 0 aliphatic carbocycles. The molecule has 21 heavy (non-hydrogen) atoms. The van der Waals surface area contributed by atoms with Gasteiger partial charge in [-0.2, -0.15) is 0 Å². The lowest BCUT2D eigenvalue weighted by Gasteiger charge is -2.09. The molecule has 0 saturated heterocycles. The number of methoxy groups -OCH3 is 1. The van der Waals surface area contributed by atoms with E-state index in [-0.39, 0.29) is 16.5 Å². The van der Waals surface area contributed by atoms with Crippen molar-refractivity contribution in [1.82, 2.24) is 9.97 Å². The third-order valence-corrected chi connectivity index (χ3v) is 3.56. The van der Waals surface area contributed by atoms with Gasteiger partial charge in [0.15, 0.2) is 5.82 Å². The molecule has 0 aliphatic rings. The summed E-state index contributed by atoms with van der Waals surface area (Å²) in [7, 11) is 1.51. The van der Waals surface area contributed by atoms with Crippen LogP contribution < -0.4 is 4.74 Å². The molecule has 0 atom stereocenters. The van der Waals surface area contributed by atoms with Crippen LogP contribution in [0.4, 0.5) is 4.39 Å². The van der Waals surface area contributed by atoms with Crippen molar-refractivity contribution in [2.24, 2.45) is 0 Å². The average Bonchev–Trinajstić information content (AvgIpc) is 2.48. The van der Waals surface area contributed by atoms with Gasteiger partial charge in [0.05, 0.1) is 12.7 Å². The maximum atomic E-state index is 13.9. The standard InChI is InChI=1S/C15H9Cl2FN2O/c1-21-12-7-8(16)5-6-9(12)15-19-13-10(14(17)20-15)3-2-4-11(13)18/h2-7H,1H3. The van der Waals surface area contributed by atoms with Gasteiger partial charge in [-0.05, 0) is 30.3 Å². The van der Waals surface area contributed by atoms with Crippen molar-refractivity contribution in [3.63, 3.8) is 0 Å². The number of benzene rings is 2. The van der Waals surface area contributed by atoms with Crippen molar-refractivity contribution in [3.05, 3.63) is 52.4 Å². The number of hydrogen-bond donors (Lipinski definition) is 0. The van der Waals surface area contributed by atoms with Gasteiger partial charge in [0.2, 0.25) is 0 Å². The van der Waals surface area contributed by atoms with E-state index in [1.165, 1.54) is 13.2 Å². The summed E-state index contributed by atoms with van der Waals surface area (Å²) in [6.45, 7) is 0. The molecule has 1 heterocycles. The van der Waals surface area contributed by atoms with Gasteiger partial charge in [-0.25, -0.2) is 14.4 Å². The first-order valence-electron chi connectivity index (χ1n) is 6.06. The fourth-order valence-corrected chi connectivity index (χ4v) is 2.44. The van der Waals surface area contributed by atoms with Gasteiger partial charge in [0.25, 0.3) is 0 Å². The SMILES string of the molecule is COc1cc(Cl)ccc1-c1nc(Cl)c2cccc(F)c2n1. The Morgan fingerprint density at radius 1 is 1.10 bits per heavy atom. The van der Waals surface area contributed by atoms with Crippen LogP contribution in [0, 0.1) is 5.82 Å². The van der Waals surface area contributed by atoms with E-state index < -0.39 is 5.82 Å². The van der Waals surface area contributed by atoms with Crippen molar-refractivity contribution < 1.29 is 9.13 Å². The maximum Gasteiger partial charge on any atom is 0.165 e. The Labute approximate surface area is 130 Å². The van der Waals surface area contributed by atoms with Crippen LogP contribution in [0.5, 0.6) is 5.75 Å². The van der Waals surface area contributed by atoms with E-state index in [0.717, 1.165) is 0 Å². The summed E-state index contributed by atoms with van der Waals surface area (Å²) in [5, 5.41) is 1.17. The lowest BCUT2D eigenvalue weighted by atomic mass is 10.1. The van der Waals surface area contributed by atoms with Crippen LogP contribution in [0.25, 0.3) is 22.3 Å². The van der Waals surface area contributed by atoms with Gasteiger partial charge in [-0.15, -0.1) is 0 Å². The Bertz CT molecular complexity index is 839. The molecule has 3 nitrogen and oxygen atoms in total. The summed E-state index contributed by atoms with van der Waals surface area (Å²) in [5.74, 6) is 0.325. The van der Waals surface area contributed by atoms with E-state index in [4.69, 9.17) is 27.9 Å². The van der Waals surface area contributed by atoms with Gasteiger partial charge in [0.1, 0.15) is 22.2 Å². The normalized spacial score (nSPS) is 10.9. The second kappa shape index (κ2) is 5.47. The number of rotatable bonds is 2. The molecule has 0 spiro atoms. The number of nitrogens with zero attached hydrogens (tertiary/aromatic N) is 2. The van der Waals surface area contributed by atoms with Crippen molar-refractivity contribution >= 4 is 34.1 Å². The van der Waals surface area contributed by atoms with E-state index in [1.54, 1.807) is 30.3 Å². The summed E-state index contributed by atoms with van der Waals surface area (Å²) in [6.07, 6.45) is 0. The first kappa shape index (κ1) is 14.0. The number of para-hydroxylation sites is 1. The highest BCUT2D eigenvalue weighted by Crippen LogP contribution is 2.33. The van der Waals surface area contributed by atoms with Crippen LogP contribution in [-0.4, -0.2) is 17.1 Å². The smallest absolute Gasteiger partial charge is 0.165 e. The van der Waals surface area contributed by atoms with E-state index in [2.05, 4.69) is 9.97 Å². The number of halogens is 3. The molecule has 3 rings (SSSR count). The van der Waals surface area contributed by atoms with Crippen LogP contribution in [0.1, 0.15) is 0 Å². The van der Waals surface area contributed by atoms with E-state index in [9.17, 15) is 4.39 Å². The largest absolute Gasteiger partial charge is 0.496 e. The molecule has 0 N–H and O–H groups in total. The second-order valence-corrected chi connectivity index (χ2v) is 5.11. The summed E-state index contributed by atoms with van der Waals surface area (Å²) >= 11 is 12.1. The second-order valence-electron chi connectivity index (χ2n) is 4.32. The lowest BCUT2D eigenvalue weighted by Crippen LogP contribution is -1.96. The topological polar surface area (TPSA) is 35.0 Å². The first-order chi connectivity index (χ1) is 10.1. The van der Waals surface area contributed by atoms with Crippen molar-refractivity contribution in [3.8, 4) is 17.1 Å². The molecule has 106 valence electrons. The van der Waals surface area contributed by atoms with Crippen LogP contribution in [-0.2, 0) is 0 Å². The Morgan fingerprint density at radius 2 is 1.90 bits per heavy atom. The predicted octanol–water partition coefficient (Wildman–Crippen LogP) is 4.75. The molecule has 0 aliphatic heterocycles. The molecule has 2 aromatic carbocycles. The minimum atomic E-state index is -0.453. The third-order valence-electron chi connectivity index (χ3n) is 3.04. The van der Waals surface area contributed by atoms with Gasteiger partial charge >= 0.3 is 0 Å². The number of fused-ring (bicyclic) bond motifs is 1. The molecule has 0 amide bonds. The molecular weight excluding hydrogens is 314 g/mol. The van der Waals surface area contributed by atoms with Crippen LogP contribution in [0.3, 0.4) is 0 Å². The lowest BCUT2D eigenvalue weighted by molar-refractivity contribution is 0.416. The van der Waals surface area contributed by atoms with Crippen molar-refractivity contribution in [2.75, 3.05) is 7.11 Å². The molecule has 0 saturated carbocycles. The third kappa shape index (κ3) is 2.52. The molecule has 0 fully saturated rings. The highest BCUT2D eigenvalue weighted by atomic mass is 35.5. The monoisotopic (exact) mass is 322 g/mol. The zero-order valence-electron chi connectivity index (χ0n) is 10.9. The zero-order valence-corrected chi connectivity index (χ0v) is 12.4. The molecular formula is C15H9Cl2FN2O. The minimum absolute atomic E-state index is 0.171. The molecule has 0 radical (unpaired) electrons. The number of ether oxygens (including phenoxy) is 1. The highest BCUT2D eigenvalue weighted by Gasteiger charge is 2.14. The number of hydrogen-bond acceptors (Lipinski definition) is 3. The Kier molecular flexibility index (Phi) is 3.66. The van der Waals surface area contributed by atoms with E-state index >= 15 is 0 Å². The predicted molar refractivity (Wildman–Crippen MR) is 81.5 cm³/mol. The maximum absolute atomic E-state index is 13.9.